The van der Waals surface area contributed by atoms with Crippen LogP contribution in [0.4, 0.5) is 0 Å². The van der Waals surface area contributed by atoms with Crippen molar-refractivity contribution in [2.45, 2.75) is 19.8 Å². The van der Waals surface area contributed by atoms with Gasteiger partial charge in [-0.05, 0) is 19.1 Å². The molecule has 2 atom stereocenters. The van der Waals surface area contributed by atoms with Crippen LogP contribution in [0, 0.1) is 17.8 Å². The second kappa shape index (κ2) is 12.7. The van der Waals surface area contributed by atoms with E-state index in [0.717, 1.165) is 16.7 Å². The highest BCUT2D eigenvalue weighted by atomic mass is 16.5. The fourth-order valence-electron chi connectivity index (χ4n) is 4.00. The Hall–Kier alpha value is -3.50. The fraction of sp³-hybridized carbons (Fsp3) is 0.407. The van der Waals surface area contributed by atoms with Crippen molar-refractivity contribution in [1.29, 1.82) is 0 Å². The van der Waals surface area contributed by atoms with E-state index in [0.29, 0.717) is 34.5 Å². The summed E-state index contributed by atoms with van der Waals surface area (Å²) in [4.78, 5) is 0. The van der Waals surface area contributed by atoms with Crippen molar-refractivity contribution in [1.82, 2.24) is 0 Å². The molecule has 2 aromatic carbocycles. The van der Waals surface area contributed by atoms with Crippen LogP contribution in [-0.2, 0) is 0 Å². The van der Waals surface area contributed by atoms with E-state index in [-0.39, 0.29) is 18.4 Å². The van der Waals surface area contributed by atoms with E-state index in [2.05, 4.69) is 11.8 Å². The largest absolute Gasteiger partial charge is 0.496 e. The molecule has 0 fully saturated rings. The van der Waals surface area contributed by atoms with Crippen LogP contribution in [-0.4, -0.2) is 54.4 Å². The van der Waals surface area contributed by atoms with Crippen LogP contribution in [0.2, 0.25) is 0 Å². The normalized spacial score (nSPS) is 12.7. The van der Waals surface area contributed by atoms with Gasteiger partial charge in [0.1, 0.15) is 18.1 Å². The zero-order valence-corrected chi connectivity index (χ0v) is 21.1. The molecule has 7 heteroatoms. The lowest BCUT2D eigenvalue weighted by Crippen LogP contribution is -2.12. The third-order valence-electron chi connectivity index (χ3n) is 5.59. The maximum atomic E-state index is 9.28. The van der Waals surface area contributed by atoms with Crippen molar-refractivity contribution in [3.8, 4) is 46.3 Å². The van der Waals surface area contributed by atoms with E-state index >= 15 is 0 Å². The zero-order chi connectivity index (χ0) is 25.3. The number of aliphatic hydroxyl groups excluding tert-OH is 1. The monoisotopic (exact) mass is 470 g/mol. The quantitative estimate of drug-likeness (QED) is 0.510. The standard InChI is InChI=1S/C27H34O7/c1-17(10-9-11-28)27(20-14-24(32-6)26(34-8)16-22(20)30-4)18(2)12-19-13-23(31-5)25(33-7)15-21(19)29-3/h12-17,27-28H,11H2,1-8H3/b18-12+/t17-,27-/m0/s1. The molecular formula is C27H34O7. The highest BCUT2D eigenvalue weighted by Crippen LogP contribution is 2.44. The first kappa shape index (κ1) is 26.7. The number of allylic oxidation sites excluding steroid dienone is 1. The minimum atomic E-state index is -0.216. The Morgan fingerprint density at radius 3 is 1.74 bits per heavy atom. The first-order chi connectivity index (χ1) is 16.4. The number of aliphatic hydroxyl groups is 1. The SMILES string of the molecule is COc1cc(OC)c(OC)cc1/C=C(\C)[C@@H](c1cc(OC)c(OC)cc1OC)[C@@H](C)C#CCO. The van der Waals surface area contributed by atoms with Gasteiger partial charge in [0, 0.05) is 35.1 Å². The van der Waals surface area contributed by atoms with Gasteiger partial charge in [-0.1, -0.05) is 30.4 Å². The van der Waals surface area contributed by atoms with E-state index in [1.54, 1.807) is 54.8 Å². The Morgan fingerprint density at radius 2 is 1.24 bits per heavy atom. The van der Waals surface area contributed by atoms with Gasteiger partial charge in [-0.15, -0.1) is 0 Å². The van der Waals surface area contributed by atoms with Crippen LogP contribution >= 0.6 is 0 Å². The molecule has 0 bridgehead atoms. The van der Waals surface area contributed by atoms with Gasteiger partial charge in [-0.25, -0.2) is 0 Å². The van der Waals surface area contributed by atoms with Crippen LogP contribution in [0.5, 0.6) is 34.5 Å². The van der Waals surface area contributed by atoms with E-state index in [1.807, 2.05) is 32.1 Å². The van der Waals surface area contributed by atoms with Crippen LogP contribution < -0.4 is 28.4 Å². The molecule has 0 aliphatic heterocycles. The molecule has 0 amide bonds. The van der Waals surface area contributed by atoms with Crippen LogP contribution in [0.3, 0.4) is 0 Å². The zero-order valence-electron chi connectivity index (χ0n) is 21.1. The molecule has 1 N–H and O–H groups in total. The maximum Gasteiger partial charge on any atom is 0.164 e. The summed E-state index contributed by atoms with van der Waals surface area (Å²) in [5.41, 5.74) is 2.70. The lowest BCUT2D eigenvalue weighted by Gasteiger charge is -2.25. The molecule has 0 aliphatic carbocycles. The molecule has 0 saturated carbocycles. The average Bonchev–Trinajstić information content (AvgIpc) is 2.86. The lowest BCUT2D eigenvalue weighted by atomic mass is 9.80. The van der Waals surface area contributed by atoms with Crippen molar-refractivity contribution in [3.63, 3.8) is 0 Å². The molecule has 0 radical (unpaired) electrons. The summed E-state index contributed by atoms with van der Waals surface area (Å²) in [5.74, 6) is 9.20. The van der Waals surface area contributed by atoms with Gasteiger partial charge >= 0.3 is 0 Å². The molecule has 7 nitrogen and oxygen atoms in total. The predicted molar refractivity (Wildman–Crippen MR) is 133 cm³/mol. The summed E-state index contributed by atoms with van der Waals surface area (Å²) in [6.07, 6.45) is 2.03. The Labute approximate surface area is 202 Å². The number of hydrogen-bond donors (Lipinski definition) is 1. The van der Waals surface area contributed by atoms with Crippen LogP contribution in [0.15, 0.2) is 29.8 Å². The minimum Gasteiger partial charge on any atom is -0.496 e. The van der Waals surface area contributed by atoms with E-state index in [9.17, 15) is 5.11 Å². The Balaban J connectivity index is 2.75. The lowest BCUT2D eigenvalue weighted by molar-refractivity contribution is 0.346. The molecule has 2 aromatic rings. The molecule has 0 heterocycles. The van der Waals surface area contributed by atoms with Crippen LogP contribution in [0.25, 0.3) is 6.08 Å². The van der Waals surface area contributed by atoms with Gasteiger partial charge in [0.15, 0.2) is 23.0 Å². The Bertz CT molecular complexity index is 1060. The summed E-state index contributed by atoms with van der Waals surface area (Å²) in [6, 6.07) is 7.37. The number of methoxy groups -OCH3 is 6. The molecule has 2 rings (SSSR count). The van der Waals surface area contributed by atoms with Gasteiger partial charge in [0.25, 0.3) is 0 Å². The molecular weight excluding hydrogens is 436 g/mol. The third-order valence-corrected chi connectivity index (χ3v) is 5.59. The van der Waals surface area contributed by atoms with Crippen molar-refractivity contribution in [3.05, 3.63) is 41.0 Å². The average molecular weight is 471 g/mol. The van der Waals surface area contributed by atoms with Crippen LogP contribution in [0.1, 0.15) is 30.9 Å². The second-order valence-electron chi connectivity index (χ2n) is 7.53. The summed E-state index contributed by atoms with van der Waals surface area (Å²) in [5, 5.41) is 9.28. The smallest absolute Gasteiger partial charge is 0.164 e. The highest BCUT2D eigenvalue weighted by molar-refractivity contribution is 5.67. The number of hydrogen-bond acceptors (Lipinski definition) is 7. The molecule has 0 unspecified atom stereocenters. The van der Waals surface area contributed by atoms with Crippen molar-refractivity contribution >= 4 is 6.08 Å². The van der Waals surface area contributed by atoms with Crippen molar-refractivity contribution in [2.24, 2.45) is 5.92 Å². The van der Waals surface area contributed by atoms with Gasteiger partial charge in [-0.3, -0.25) is 0 Å². The van der Waals surface area contributed by atoms with Crippen molar-refractivity contribution in [2.75, 3.05) is 49.3 Å². The van der Waals surface area contributed by atoms with Gasteiger partial charge in [0.05, 0.1) is 42.7 Å². The highest BCUT2D eigenvalue weighted by Gasteiger charge is 2.26. The molecule has 0 aromatic heterocycles. The molecule has 0 aliphatic rings. The van der Waals surface area contributed by atoms with Gasteiger partial charge in [0.2, 0.25) is 0 Å². The molecule has 34 heavy (non-hydrogen) atoms. The molecule has 0 saturated heterocycles. The molecule has 184 valence electrons. The second-order valence-corrected chi connectivity index (χ2v) is 7.53. The van der Waals surface area contributed by atoms with Gasteiger partial charge in [-0.2, -0.15) is 0 Å². The van der Waals surface area contributed by atoms with Crippen molar-refractivity contribution < 1.29 is 33.5 Å². The first-order valence-electron chi connectivity index (χ1n) is 10.8. The van der Waals surface area contributed by atoms with E-state index in [4.69, 9.17) is 28.4 Å². The maximum absolute atomic E-state index is 9.28. The van der Waals surface area contributed by atoms with E-state index in [1.165, 1.54) is 0 Å². The summed E-state index contributed by atoms with van der Waals surface area (Å²) >= 11 is 0. The predicted octanol–water partition coefficient (Wildman–Crippen LogP) is 4.56. The Kier molecular flexibility index (Phi) is 9.96. The summed E-state index contributed by atoms with van der Waals surface area (Å²) < 4.78 is 33.2. The summed E-state index contributed by atoms with van der Waals surface area (Å²) in [6.45, 7) is 3.81. The number of ether oxygens (including phenoxy) is 6. The molecule has 0 spiro atoms. The third kappa shape index (κ3) is 5.89. The summed E-state index contributed by atoms with van der Waals surface area (Å²) in [7, 11) is 9.57. The van der Waals surface area contributed by atoms with Gasteiger partial charge < -0.3 is 33.5 Å². The van der Waals surface area contributed by atoms with E-state index < -0.39 is 0 Å². The first-order valence-corrected chi connectivity index (χ1v) is 10.8. The Morgan fingerprint density at radius 1 is 0.765 bits per heavy atom. The number of rotatable bonds is 10. The minimum absolute atomic E-state index is 0.151. The number of benzene rings is 2. The topological polar surface area (TPSA) is 75.6 Å². The fourth-order valence-corrected chi connectivity index (χ4v) is 4.00.